The minimum Gasteiger partial charge on any atom is -0.503 e. The molecule has 0 fully saturated rings. The van der Waals surface area contributed by atoms with Crippen molar-refractivity contribution in [1.29, 1.82) is 0 Å². The van der Waals surface area contributed by atoms with Gasteiger partial charge in [-0.3, -0.25) is 0 Å². The molecule has 1 rings (SSSR count). The number of nitrogens with two attached hydrogens (primary N) is 1. The maximum absolute atomic E-state index is 12.2. The molecule has 3 N–H and O–H groups in total. The summed E-state index contributed by atoms with van der Waals surface area (Å²) in [5, 5.41) is 9.09. The van der Waals surface area contributed by atoms with E-state index in [2.05, 4.69) is 9.72 Å². The van der Waals surface area contributed by atoms with E-state index in [0.717, 1.165) is 6.07 Å². The van der Waals surface area contributed by atoms with E-state index in [1.54, 1.807) is 0 Å². The summed E-state index contributed by atoms with van der Waals surface area (Å²) >= 11 is 0. The maximum atomic E-state index is 12.2. The molecule has 0 aliphatic carbocycles. The monoisotopic (exact) mass is 190 g/mol. The van der Waals surface area contributed by atoms with Crippen molar-refractivity contribution in [3.63, 3.8) is 0 Å². The Morgan fingerprint density at radius 2 is 2.23 bits per heavy atom. The van der Waals surface area contributed by atoms with Gasteiger partial charge in [-0.1, -0.05) is 0 Å². The van der Waals surface area contributed by atoms with Crippen LogP contribution >= 0.6 is 0 Å². The first kappa shape index (κ1) is 9.50. The molecule has 0 bridgehead atoms. The molecule has 0 unspecified atom stereocenters. The molecule has 6 heteroatoms. The molecule has 1 aromatic heterocycles. The van der Waals surface area contributed by atoms with E-state index >= 15 is 0 Å². The zero-order chi connectivity index (χ0) is 10.0. The van der Waals surface area contributed by atoms with E-state index in [0.29, 0.717) is 0 Å². The standard InChI is InChI=1S/C7H8F2N2O2/c1-13-7-4(12)2-3(5(8)9)6(10)11-7/h2,5,12H,1H3,(H2,10,11). The van der Waals surface area contributed by atoms with E-state index in [-0.39, 0.29) is 11.7 Å². The number of nitrogens with zero attached hydrogens (tertiary/aromatic N) is 1. The average molecular weight is 190 g/mol. The highest BCUT2D eigenvalue weighted by molar-refractivity contribution is 5.49. The fourth-order valence-corrected chi connectivity index (χ4v) is 0.839. The molecule has 0 aliphatic heterocycles. The van der Waals surface area contributed by atoms with Gasteiger partial charge in [-0.2, -0.15) is 4.98 Å². The quantitative estimate of drug-likeness (QED) is 0.737. The first-order chi connectivity index (χ1) is 6.06. The van der Waals surface area contributed by atoms with Crippen LogP contribution in [0.5, 0.6) is 11.6 Å². The highest BCUT2D eigenvalue weighted by Gasteiger charge is 2.16. The molecule has 0 aliphatic rings. The van der Waals surface area contributed by atoms with Gasteiger partial charge >= 0.3 is 0 Å². The van der Waals surface area contributed by atoms with Crippen LogP contribution in [0.25, 0.3) is 0 Å². The van der Waals surface area contributed by atoms with Gasteiger partial charge in [0.1, 0.15) is 5.82 Å². The molecule has 1 heterocycles. The molecule has 72 valence electrons. The van der Waals surface area contributed by atoms with Crippen molar-refractivity contribution in [2.45, 2.75) is 6.43 Å². The van der Waals surface area contributed by atoms with Crippen LogP contribution in [0.1, 0.15) is 12.0 Å². The fourth-order valence-electron chi connectivity index (χ4n) is 0.839. The fraction of sp³-hybridized carbons (Fsp3) is 0.286. The van der Waals surface area contributed by atoms with Crippen LogP contribution in [0.3, 0.4) is 0 Å². The van der Waals surface area contributed by atoms with Crippen molar-refractivity contribution >= 4 is 5.82 Å². The number of pyridine rings is 1. The molecular weight excluding hydrogens is 182 g/mol. The lowest BCUT2D eigenvalue weighted by atomic mass is 10.2. The third-order valence-corrected chi connectivity index (χ3v) is 1.46. The summed E-state index contributed by atoms with van der Waals surface area (Å²) in [6.45, 7) is 0. The Hall–Kier alpha value is -1.59. The van der Waals surface area contributed by atoms with Gasteiger partial charge in [0.05, 0.1) is 12.7 Å². The molecule has 1 aromatic rings. The van der Waals surface area contributed by atoms with Gasteiger partial charge < -0.3 is 15.6 Å². The predicted molar refractivity (Wildman–Crippen MR) is 41.8 cm³/mol. The SMILES string of the molecule is COc1nc(N)c(C(F)F)cc1O. The number of rotatable bonds is 2. The number of alkyl halides is 2. The number of halogens is 2. The lowest BCUT2D eigenvalue weighted by Gasteiger charge is -2.07. The molecule has 0 radical (unpaired) electrons. The smallest absolute Gasteiger partial charge is 0.267 e. The largest absolute Gasteiger partial charge is 0.503 e. The van der Waals surface area contributed by atoms with Crippen molar-refractivity contribution in [1.82, 2.24) is 4.98 Å². The van der Waals surface area contributed by atoms with Gasteiger partial charge in [-0.25, -0.2) is 8.78 Å². The van der Waals surface area contributed by atoms with Gasteiger partial charge in [0.2, 0.25) is 0 Å². The van der Waals surface area contributed by atoms with Gasteiger partial charge in [0, 0.05) is 0 Å². The van der Waals surface area contributed by atoms with Crippen molar-refractivity contribution in [3.8, 4) is 11.6 Å². The molecule has 0 saturated carbocycles. The lowest BCUT2D eigenvalue weighted by Crippen LogP contribution is -2.00. The molecule has 4 nitrogen and oxygen atoms in total. The van der Waals surface area contributed by atoms with Crippen LogP contribution in [0, 0.1) is 0 Å². The first-order valence-corrected chi connectivity index (χ1v) is 3.37. The van der Waals surface area contributed by atoms with Crippen LogP contribution in [0.15, 0.2) is 6.07 Å². The molecule has 0 atom stereocenters. The van der Waals surface area contributed by atoms with Crippen LogP contribution in [-0.2, 0) is 0 Å². The number of methoxy groups -OCH3 is 1. The van der Waals surface area contributed by atoms with E-state index in [9.17, 15) is 8.78 Å². The normalized spacial score (nSPS) is 10.5. The van der Waals surface area contributed by atoms with Gasteiger partial charge in [-0.15, -0.1) is 0 Å². The number of hydrogen-bond donors (Lipinski definition) is 2. The third kappa shape index (κ3) is 1.77. The maximum Gasteiger partial charge on any atom is 0.267 e. The second kappa shape index (κ2) is 3.42. The zero-order valence-corrected chi connectivity index (χ0v) is 6.79. The average Bonchev–Trinajstić information content (AvgIpc) is 2.07. The summed E-state index contributed by atoms with van der Waals surface area (Å²) in [6.07, 6.45) is -2.76. The Kier molecular flexibility index (Phi) is 2.50. The van der Waals surface area contributed by atoms with Gasteiger partial charge in [0.25, 0.3) is 12.3 Å². The third-order valence-electron chi connectivity index (χ3n) is 1.46. The molecule has 0 aromatic carbocycles. The van der Waals surface area contributed by atoms with E-state index in [1.807, 2.05) is 0 Å². The van der Waals surface area contributed by atoms with Crippen LogP contribution in [-0.4, -0.2) is 17.2 Å². The van der Waals surface area contributed by atoms with E-state index in [4.69, 9.17) is 10.8 Å². The van der Waals surface area contributed by atoms with Crippen molar-refractivity contribution < 1.29 is 18.6 Å². The Labute approximate surface area is 73.0 Å². The first-order valence-electron chi connectivity index (χ1n) is 3.37. The summed E-state index contributed by atoms with van der Waals surface area (Å²) in [4.78, 5) is 3.44. The van der Waals surface area contributed by atoms with Crippen molar-refractivity contribution in [2.75, 3.05) is 12.8 Å². The number of ether oxygens (including phenoxy) is 1. The Balaban J connectivity index is 3.20. The highest BCUT2D eigenvalue weighted by Crippen LogP contribution is 2.32. The Morgan fingerprint density at radius 1 is 1.62 bits per heavy atom. The lowest BCUT2D eigenvalue weighted by molar-refractivity contribution is 0.151. The van der Waals surface area contributed by atoms with E-state index < -0.39 is 17.7 Å². The van der Waals surface area contributed by atoms with E-state index in [1.165, 1.54) is 7.11 Å². The van der Waals surface area contributed by atoms with Crippen LogP contribution in [0.4, 0.5) is 14.6 Å². The second-order valence-corrected chi connectivity index (χ2v) is 2.29. The summed E-state index contributed by atoms with van der Waals surface area (Å²) in [5.74, 6) is -0.960. The zero-order valence-electron chi connectivity index (χ0n) is 6.79. The number of anilines is 1. The van der Waals surface area contributed by atoms with Crippen molar-refractivity contribution in [3.05, 3.63) is 11.6 Å². The van der Waals surface area contributed by atoms with Crippen LogP contribution < -0.4 is 10.5 Å². The summed E-state index contributed by atoms with van der Waals surface area (Å²) in [6, 6.07) is 0.839. The topological polar surface area (TPSA) is 68.4 Å². The van der Waals surface area contributed by atoms with Crippen molar-refractivity contribution in [2.24, 2.45) is 0 Å². The minimum atomic E-state index is -2.76. The number of aromatic hydroxyl groups is 1. The van der Waals surface area contributed by atoms with Gasteiger partial charge in [0.15, 0.2) is 5.75 Å². The predicted octanol–water partition coefficient (Wildman–Crippen LogP) is 1.32. The molecule has 0 spiro atoms. The summed E-state index contributed by atoms with van der Waals surface area (Å²) < 4.78 is 28.9. The molecular formula is C7H8F2N2O2. The van der Waals surface area contributed by atoms with Crippen LogP contribution in [0.2, 0.25) is 0 Å². The van der Waals surface area contributed by atoms with Gasteiger partial charge in [-0.05, 0) is 6.07 Å². The summed E-state index contributed by atoms with van der Waals surface area (Å²) in [5.41, 5.74) is 4.68. The minimum absolute atomic E-state index is 0.165. The molecule has 13 heavy (non-hydrogen) atoms. The highest BCUT2D eigenvalue weighted by atomic mass is 19.3. The Morgan fingerprint density at radius 3 is 2.69 bits per heavy atom. The molecule has 0 saturated heterocycles. The number of nitrogen functional groups attached to an aromatic ring is 1. The second-order valence-electron chi connectivity index (χ2n) is 2.29. The summed E-state index contributed by atoms with van der Waals surface area (Å²) in [7, 11) is 1.25. The number of aromatic nitrogens is 1. The number of hydrogen-bond acceptors (Lipinski definition) is 4. The molecule has 0 amide bonds. The Bertz CT molecular complexity index is 318.